The van der Waals surface area contributed by atoms with Gasteiger partial charge in [0.2, 0.25) is 17.7 Å². The maximum Gasteiger partial charge on any atom is 0.242 e. The molecule has 2 saturated heterocycles. The fourth-order valence-electron chi connectivity index (χ4n) is 3.61. The highest BCUT2D eigenvalue weighted by atomic mass is 16.2. The third kappa shape index (κ3) is 2.22. The second-order valence-electron chi connectivity index (χ2n) is 6.08. The summed E-state index contributed by atoms with van der Waals surface area (Å²) in [5, 5.41) is 3.18. The summed E-state index contributed by atoms with van der Waals surface area (Å²) in [7, 11) is 0. The first-order chi connectivity index (χ1) is 9.62. The third-order valence-corrected chi connectivity index (χ3v) is 4.81. The van der Waals surface area contributed by atoms with Crippen molar-refractivity contribution in [3.05, 3.63) is 0 Å². The Bertz CT molecular complexity index is 437. The van der Waals surface area contributed by atoms with Gasteiger partial charge >= 0.3 is 0 Å². The van der Waals surface area contributed by atoms with Crippen molar-refractivity contribution in [2.24, 2.45) is 5.41 Å². The molecule has 1 saturated carbocycles. The summed E-state index contributed by atoms with van der Waals surface area (Å²) in [6.45, 7) is 2.79. The molecule has 0 unspecified atom stereocenters. The SMILES string of the molecule is O=C(CN1C(=O)CC2(CCCC2)C1=O)N1CCNCC1. The molecule has 6 heteroatoms. The van der Waals surface area contributed by atoms with Crippen LogP contribution in [0.5, 0.6) is 0 Å². The monoisotopic (exact) mass is 279 g/mol. The Kier molecular flexibility index (Phi) is 3.50. The Morgan fingerprint density at radius 1 is 1.15 bits per heavy atom. The summed E-state index contributed by atoms with van der Waals surface area (Å²) in [6.07, 6.45) is 3.93. The van der Waals surface area contributed by atoms with Crippen LogP contribution in [-0.4, -0.2) is 60.2 Å². The van der Waals surface area contributed by atoms with Crippen molar-refractivity contribution in [3.63, 3.8) is 0 Å². The maximum absolute atomic E-state index is 12.5. The van der Waals surface area contributed by atoms with Gasteiger partial charge in [0.1, 0.15) is 6.54 Å². The van der Waals surface area contributed by atoms with E-state index in [0.29, 0.717) is 19.5 Å². The van der Waals surface area contributed by atoms with Gasteiger partial charge in [-0.05, 0) is 12.8 Å². The van der Waals surface area contributed by atoms with Crippen molar-refractivity contribution in [1.29, 1.82) is 0 Å². The minimum absolute atomic E-state index is 0.0700. The molecular weight excluding hydrogens is 258 g/mol. The van der Waals surface area contributed by atoms with Crippen LogP contribution < -0.4 is 5.32 Å². The smallest absolute Gasteiger partial charge is 0.242 e. The quantitative estimate of drug-likeness (QED) is 0.707. The van der Waals surface area contributed by atoms with E-state index in [0.717, 1.165) is 38.8 Å². The van der Waals surface area contributed by atoms with Crippen molar-refractivity contribution >= 4 is 17.7 Å². The molecule has 0 bridgehead atoms. The molecule has 3 rings (SSSR count). The number of rotatable bonds is 2. The molecule has 3 fully saturated rings. The Labute approximate surface area is 118 Å². The summed E-state index contributed by atoms with van der Waals surface area (Å²) >= 11 is 0. The molecule has 20 heavy (non-hydrogen) atoms. The second kappa shape index (κ2) is 5.16. The van der Waals surface area contributed by atoms with Crippen LogP contribution in [0.2, 0.25) is 0 Å². The zero-order valence-electron chi connectivity index (χ0n) is 11.7. The van der Waals surface area contributed by atoms with Crippen molar-refractivity contribution in [1.82, 2.24) is 15.1 Å². The van der Waals surface area contributed by atoms with Crippen molar-refractivity contribution in [3.8, 4) is 0 Å². The summed E-state index contributed by atoms with van der Waals surface area (Å²) in [5.41, 5.74) is -0.471. The van der Waals surface area contributed by atoms with Gasteiger partial charge in [-0.1, -0.05) is 12.8 Å². The van der Waals surface area contributed by atoms with E-state index >= 15 is 0 Å². The molecule has 1 spiro atoms. The van der Waals surface area contributed by atoms with E-state index in [1.54, 1.807) is 4.90 Å². The standard InChI is InChI=1S/C14H21N3O3/c18-11-9-14(3-1-2-4-14)13(20)17(11)10-12(19)16-7-5-15-6-8-16/h15H,1-10H2. The van der Waals surface area contributed by atoms with E-state index in [-0.39, 0.29) is 24.3 Å². The van der Waals surface area contributed by atoms with E-state index in [4.69, 9.17) is 0 Å². The molecule has 2 heterocycles. The lowest BCUT2D eigenvalue weighted by Gasteiger charge is -2.29. The summed E-state index contributed by atoms with van der Waals surface area (Å²) in [6, 6.07) is 0. The van der Waals surface area contributed by atoms with Crippen LogP contribution >= 0.6 is 0 Å². The van der Waals surface area contributed by atoms with E-state index in [9.17, 15) is 14.4 Å². The van der Waals surface area contributed by atoms with Gasteiger partial charge in [0.05, 0.1) is 5.41 Å². The molecule has 3 amide bonds. The van der Waals surface area contributed by atoms with Gasteiger partial charge in [-0.15, -0.1) is 0 Å². The molecule has 1 aliphatic carbocycles. The number of imide groups is 1. The van der Waals surface area contributed by atoms with Gasteiger partial charge in [-0.2, -0.15) is 0 Å². The number of hydrogen-bond donors (Lipinski definition) is 1. The zero-order valence-corrected chi connectivity index (χ0v) is 11.7. The molecule has 0 aromatic carbocycles. The predicted octanol–water partition coefficient (Wildman–Crippen LogP) is -0.262. The average Bonchev–Trinajstić information content (AvgIpc) is 3.01. The highest BCUT2D eigenvalue weighted by Gasteiger charge is 2.52. The number of hydrogen-bond acceptors (Lipinski definition) is 4. The maximum atomic E-state index is 12.5. The lowest BCUT2D eigenvalue weighted by molar-refractivity contribution is -0.147. The van der Waals surface area contributed by atoms with Gasteiger partial charge in [-0.3, -0.25) is 19.3 Å². The van der Waals surface area contributed by atoms with Gasteiger partial charge in [0.25, 0.3) is 0 Å². The van der Waals surface area contributed by atoms with Crippen LogP contribution in [0.1, 0.15) is 32.1 Å². The summed E-state index contributed by atoms with van der Waals surface area (Å²) in [4.78, 5) is 39.7. The minimum Gasteiger partial charge on any atom is -0.339 e. The van der Waals surface area contributed by atoms with Gasteiger partial charge in [0, 0.05) is 32.6 Å². The number of likely N-dealkylation sites (tertiary alicyclic amines) is 1. The summed E-state index contributed by atoms with van der Waals surface area (Å²) in [5.74, 6) is -0.382. The Balaban J connectivity index is 1.66. The predicted molar refractivity (Wildman–Crippen MR) is 71.7 cm³/mol. The first kappa shape index (κ1) is 13.5. The van der Waals surface area contributed by atoms with Crippen LogP contribution in [0.3, 0.4) is 0 Å². The molecular formula is C14H21N3O3. The number of nitrogens with one attached hydrogen (secondary N) is 1. The molecule has 0 aromatic heterocycles. The van der Waals surface area contributed by atoms with E-state index in [2.05, 4.69) is 5.32 Å². The van der Waals surface area contributed by atoms with E-state index < -0.39 is 5.41 Å². The van der Waals surface area contributed by atoms with Crippen molar-refractivity contribution in [2.45, 2.75) is 32.1 Å². The Hall–Kier alpha value is -1.43. The van der Waals surface area contributed by atoms with Crippen LogP contribution in [0.15, 0.2) is 0 Å². The third-order valence-electron chi connectivity index (χ3n) is 4.81. The molecule has 6 nitrogen and oxygen atoms in total. The zero-order chi connectivity index (χ0) is 14.2. The highest BCUT2D eigenvalue weighted by molar-refractivity contribution is 6.08. The lowest BCUT2D eigenvalue weighted by atomic mass is 9.84. The number of piperazine rings is 1. The minimum atomic E-state index is -0.471. The molecule has 0 aromatic rings. The topological polar surface area (TPSA) is 69.7 Å². The van der Waals surface area contributed by atoms with Gasteiger partial charge in [-0.25, -0.2) is 0 Å². The van der Waals surface area contributed by atoms with Crippen LogP contribution in [-0.2, 0) is 14.4 Å². The van der Waals surface area contributed by atoms with Gasteiger partial charge in [0.15, 0.2) is 0 Å². The van der Waals surface area contributed by atoms with Crippen molar-refractivity contribution in [2.75, 3.05) is 32.7 Å². The number of carbonyl (C=O) groups is 3. The van der Waals surface area contributed by atoms with Crippen LogP contribution in [0.25, 0.3) is 0 Å². The van der Waals surface area contributed by atoms with E-state index in [1.165, 1.54) is 4.90 Å². The Morgan fingerprint density at radius 3 is 2.45 bits per heavy atom. The molecule has 110 valence electrons. The lowest BCUT2D eigenvalue weighted by Crippen LogP contribution is -2.50. The largest absolute Gasteiger partial charge is 0.339 e. The molecule has 0 radical (unpaired) electrons. The molecule has 1 N–H and O–H groups in total. The average molecular weight is 279 g/mol. The Morgan fingerprint density at radius 2 is 1.80 bits per heavy atom. The van der Waals surface area contributed by atoms with Crippen LogP contribution in [0.4, 0.5) is 0 Å². The normalized spacial score (nSPS) is 25.8. The second-order valence-corrected chi connectivity index (χ2v) is 6.08. The fraction of sp³-hybridized carbons (Fsp3) is 0.786. The fourth-order valence-corrected chi connectivity index (χ4v) is 3.61. The van der Waals surface area contributed by atoms with Crippen molar-refractivity contribution < 1.29 is 14.4 Å². The van der Waals surface area contributed by atoms with E-state index in [1.807, 2.05) is 0 Å². The molecule has 3 aliphatic rings. The van der Waals surface area contributed by atoms with Crippen LogP contribution in [0, 0.1) is 5.41 Å². The summed E-state index contributed by atoms with van der Waals surface area (Å²) < 4.78 is 0. The first-order valence-corrected chi connectivity index (χ1v) is 7.46. The number of amides is 3. The number of nitrogens with zero attached hydrogens (tertiary/aromatic N) is 2. The number of carbonyl (C=O) groups excluding carboxylic acids is 3. The van der Waals surface area contributed by atoms with Gasteiger partial charge < -0.3 is 10.2 Å². The highest BCUT2D eigenvalue weighted by Crippen LogP contribution is 2.46. The molecule has 0 atom stereocenters. The first-order valence-electron chi connectivity index (χ1n) is 7.46. The molecule has 2 aliphatic heterocycles.